The first-order valence-electron chi connectivity index (χ1n) is 8.22. The van der Waals surface area contributed by atoms with E-state index in [4.69, 9.17) is 4.74 Å². The number of ether oxygens (including phenoxy) is 1. The first-order valence-corrected chi connectivity index (χ1v) is 9.68. The van der Waals surface area contributed by atoms with Crippen LogP contribution in [0.5, 0.6) is 5.75 Å². The molecule has 13 heteroatoms. The summed E-state index contributed by atoms with van der Waals surface area (Å²) >= 11 is 0. The maximum Gasteiger partial charge on any atom is 1.00 e. The number of fused-ring (bicyclic) bond motifs is 1. The molecule has 0 unspecified atom stereocenters. The smallest absolute Gasteiger partial charge is 0.790 e. The average Bonchev–Trinajstić information content (AvgIpc) is 2.66. The predicted molar refractivity (Wildman–Crippen MR) is 93.7 cm³/mol. The zero-order valence-electron chi connectivity index (χ0n) is 16.7. The molecule has 0 atom stereocenters. The van der Waals surface area contributed by atoms with Gasteiger partial charge in [0.15, 0.2) is 5.43 Å². The van der Waals surface area contributed by atoms with Crippen molar-refractivity contribution in [2.75, 3.05) is 6.61 Å². The van der Waals surface area contributed by atoms with E-state index in [0.717, 1.165) is 10.6 Å². The summed E-state index contributed by atoms with van der Waals surface area (Å²) in [6, 6.07) is 2.40. The van der Waals surface area contributed by atoms with E-state index in [1.165, 1.54) is 31.0 Å². The van der Waals surface area contributed by atoms with Gasteiger partial charge in [-0.15, -0.1) is 0 Å². The molecule has 0 fully saturated rings. The van der Waals surface area contributed by atoms with E-state index in [9.17, 15) is 23.5 Å². The zero-order chi connectivity index (χ0) is 20.3. The van der Waals surface area contributed by atoms with Crippen LogP contribution in [-0.2, 0) is 15.8 Å². The molecule has 30 heavy (non-hydrogen) atoms. The van der Waals surface area contributed by atoms with Crippen LogP contribution in [0.15, 0.2) is 41.8 Å². The number of phosphoric acid groups is 1. The largest absolute Gasteiger partial charge is 1.00 e. The van der Waals surface area contributed by atoms with Crippen molar-refractivity contribution in [3.05, 3.63) is 53.1 Å². The van der Waals surface area contributed by atoms with Gasteiger partial charge >= 0.3 is 59.1 Å². The second kappa shape index (κ2) is 11.8. The Labute approximate surface area is 215 Å². The van der Waals surface area contributed by atoms with Gasteiger partial charge in [-0.25, -0.2) is 14.4 Å². The molecule has 0 bridgehead atoms. The van der Waals surface area contributed by atoms with Gasteiger partial charge in [-0.2, -0.15) is 0 Å². The normalized spacial score (nSPS) is 10.9. The Morgan fingerprint density at radius 2 is 1.87 bits per heavy atom. The zero-order valence-corrected chi connectivity index (χ0v) is 21.6. The Hall–Kier alpha value is -0.650. The van der Waals surface area contributed by atoms with Gasteiger partial charge in [0.05, 0.1) is 25.3 Å². The number of phosphoric ester groups is 1. The van der Waals surface area contributed by atoms with Gasteiger partial charge in [-0.1, -0.05) is 6.92 Å². The molecular weight excluding hydrogens is 438 g/mol. The maximum absolute atomic E-state index is 14.6. The molecule has 9 nitrogen and oxygen atoms in total. The fourth-order valence-electron chi connectivity index (χ4n) is 2.67. The first-order chi connectivity index (χ1) is 13.3. The predicted octanol–water partition coefficient (Wildman–Crippen LogP) is -4.80. The average molecular weight is 453 g/mol. The summed E-state index contributed by atoms with van der Waals surface area (Å²) in [5, 5.41) is -0.329. The molecule has 0 aliphatic carbocycles. The molecule has 0 N–H and O–H groups in total. The van der Waals surface area contributed by atoms with Crippen molar-refractivity contribution in [2.24, 2.45) is 0 Å². The van der Waals surface area contributed by atoms with E-state index >= 15 is 0 Å². The second-order valence-electron chi connectivity index (χ2n) is 5.79. The number of pyridine rings is 1. The fraction of sp³-hybridized carbons (Fsp3) is 0.235. The van der Waals surface area contributed by atoms with E-state index in [2.05, 4.69) is 14.5 Å². The molecule has 0 aliphatic rings. The first kappa shape index (κ1) is 27.4. The number of hydrogen-bond donors (Lipinski definition) is 0. The monoisotopic (exact) mass is 453 g/mol. The number of nitrogens with zero attached hydrogens (tertiary/aromatic N) is 3. The van der Waals surface area contributed by atoms with Crippen molar-refractivity contribution >= 4 is 18.7 Å². The Morgan fingerprint density at radius 1 is 1.20 bits per heavy atom. The van der Waals surface area contributed by atoms with Gasteiger partial charge in [0.1, 0.15) is 24.6 Å². The van der Waals surface area contributed by atoms with Crippen LogP contribution in [0.25, 0.3) is 22.0 Å². The molecule has 0 radical (unpaired) electrons. The molecular formula is C17H15FN3Na2O6P. The van der Waals surface area contributed by atoms with Gasteiger partial charge < -0.3 is 28.2 Å². The van der Waals surface area contributed by atoms with Crippen molar-refractivity contribution in [3.63, 3.8) is 0 Å². The van der Waals surface area contributed by atoms with Crippen LogP contribution >= 0.6 is 7.82 Å². The summed E-state index contributed by atoms with van der Waals surface area (Å²) in [5.41, 5.74) is -0.384. The second-order valence-corrected chi connectivity index (χ2v) is 6.94. The van der Waals surface area contributed by atoms with Crippen LogP contribution in [0, 0.1) is 5.82 Å². The molecule has 1 aromatic carbocycles. The van der Waals surface area contributed by atoms with Crippen molar-refractivity contribution < 1.29 is 87.1 Å². The van der Waals surface area contributed by atoms with Crippen LogP contribution in [0.4, 0.5) is 4.39 Å². The van der Waals surface area contributed by atoms with Gasteiger partial charge in [0, 0.05) is 29.7 Å². The summed E-state index contributed by atoms with van der Waals surface area (Å²) in [5.74, 6) is -0.676. The molecule has 2 heterocycles. The number of hydrogen-bond acceptors (Lipinski definition) is 8. The van der Waals surface area contributed by atoms with Gasteiger partial charge in [0.25, 0.3) is 0 Å². The molecule has 0 aliphatic heterocycles. The van der Waals surface area contributed by atoms with Crippen LogP contribution in [-0.4, -0.2) is 21.1 Å². The van der Waals surface area contributed by atoms with Crippen molar-refractivity contribution in [3.8, 4) is 16.9 Å². The molecule has 3 aromatic rings. The number of halogens is 1. The van der Waals surface area contributed by atoms with Crippen molar-refractivity contribution in [1.29, 1.82) is 0 Å². The van der Waals surface area contributed by atoms with Gasteiger partial charge in [-0.3, -0.25) is 4.79 Å². The minimum absolute atomic E-state index is 0. The minimum Gasteiger partial charge on any atom is -0.790 e. The third kappa shape index (κ3) is 6.43. The quantitative estimate of drug-likeness (QED) is 0.258. The molecule has 2 aromatic heterocycles. The van der Waals surface area contributed by atoms with E-state index in [1.54, 1.807) is 0 Å². The van der Waals surface area contributed by atoms with E-state index < -0.39 is 25.8 Å². The Balaban J connectivity index is 0.00000225. The number of benzene rings is 1. The third-order valence-electron chi connectivity index (χ3n) is 3.82. The maximum atomic E-state index is 14.6. The van der Waals surface area contributed by atoms with E-state index in [-0.39, 0.29) is 93.5 Å². The fourth-order valence-corrected chi connectivity index (χ4v) is 2.94. The summed E-state index contributed by atoms with van der Waals surface area (Å²) in [6.07, 6.45) is 5.85. The summed E-state index contributed by atoms with van der Waals surface area (Å²) in [4.78, 5) is 42.5. The van der Waals surface area contributed by atoms with Crippen molar-refractivity contribution in [1.82, 2.24) is 14.5 Å². The molecule has 148 valence electrons. The van der Waals surface area contributed by atoms with Crippen LogP contribution in [0.2, 0.25) is 0 Å². The topological polar surface area (TPSA) is 129 Å². The van der Waals surface area contributed by atoms with E-state index in [0.29, 0.717) is 6.42 Å². The SMILES string of the molecule is CCCOc1ccc(F)c2c(=O)c(-c3cncnc3)cn(COP(=O)([O-])[O-])c12.[Na+].[Na+]. The van der Waals surface area contributed by atoms with Crippen LogP contribution in [0.1, 0.15) is 13.3 Å². The Morgan fingerprint density at radius 3 is 2.47 bits per heavy atom. The summed E-state index contributed by atoms with van der Waals surface area (Å²) < 4.78 is 36.6. The van der Waals surface area contributed by atoms with Gasteiger partial charge in [-0.05, 0) is 18.6 Å². The summed E-state index contributed by atoms with van der Waals surface area (Å²) in [7, 11) is -5.31. The number of rotatable bonds is 7. The minimum atomic E-state index is -5.31. The molecule has 0 spiro atoms. The van der Waals surface area contributed by atoms with Crippen LogP contribution < -0.4 is 79.1 Å². The molecule has 0 amide bonds. The summed E-state index contributed by atoms with van der Waals surface area (Å²) in [6.45, 7) is 1.39. The third-order valence-corrected chi connectivity index (χ3v) is 4.25. The van der Waals surface area contributed by atoms with E-state index in [1.807, 2.05) is 6.92 Å². The molecule has 0 saturated carbocycles. The Kier molecular flexibility index (Phi) is 10.8. The molecule has 0 saturated heterocycles. The Bertz CT molecular complexity index is 1110. The standard InChI is InChI=1S/C17H17FN3O6P.2Na/c1-2-5-26-14-4-3-13(18)15-16(14)21(10-27-28(23,24)25)8-12(17(15)22)11-6-19-9-20-7-11;;/h3-4,6-9H,2,5,10H2,1H3,(H2,23,24,25);;/q;2*+1/p-2. The number of aromatic nitrogens is 3. The van der Waals surface area contributed by atoms with Crippen molar-refractivity contribution in [2.45, 2.75) is 20.1 Å². The van der Waals surface area contributed by atoms with Gasteiger partial charge in [0.2, 0.25) is 0 Å². The molecule has 3 rings (SSSR count). The van der Waals surface area contributed by atoms with Crippen LogP contribution in [0.3, 0.4) is 0 Å².